The van der Waals surface area contributed by atoms with Gasteiger partial charge >= 0.3 is 0 Å². The lowest BCUT2D eigenvalue weighted by atomic mass is 10.2. The smallest absolute Gasteiger partial charge is 0.246 e. The van der Waals surface area contributed by atoms with E-state index in [1.807, 2.05) is 55.4 Å². The molecule has 0 unspecified atom stereocenters. The van der Waals surface area contributed by atoms with Crippen molar-refractivity contribution in [3.8, 4) is 0 Å². The third-order valence-corrected chi connectivity index (χ3v) is 3.08. The van der Waals surface area contributed by atoms with Gasteiger partial charge in [0.05, 0.1) is 0 Å². The second-order valence-electron chi connectivity index (χ2n) is 6.27. The van der Waals surface area contributed by atoms with Crippen LogP contribution in [0.25, 0.3) is 0 Å². The maximum Gasteiger partial charge on any atom is 0.246 e. The fourth-order valence-electron chi connectivity index (χ4n) is 2.42. The number of nitrogens with zero attached hydrogens (tertiary/aromatic N) is 2. The molecule has 4 heteroatoms. The molecule has 0 aliphatic heterocycles. The highest BCUT2D eigenvalue weighted by atomic mass is 16.2. The molecule has 0 aliphatic rings. The van der Waals surface area contributed by atoms with Crippen LogP contribution in [0.2, 0.25) is 0 Å². The molecule has 0 N–H and O–H groups in total. The van der Waals surface area contributed by atoms with Crippen LogP contribution in [-0.4, -0.2) is 45.8 Å². The second-order valence-corrected chi connectivity index (χ2v) is 6.27. The Labute approximate surface area is 136 Å². The van der Waals surface area contributed by atoms with Gasteiger partial charge in [0, 0.05) is 24.2 Å². The zero-order valence-electron chi connectivity index (χ0n) is 15.6. The Bertz CT molecular complexity index is 319. The minimum atomic E-state index is 0.00926. The van der Waals surface area contributed by atoms with E-state index in [0.717, 1.165) is 0 Å². The van der Waals surface area contributed by atoms with Crippen molar-refractivity contribution >= 4 is 11.8 Å². The molecular weight excluding hydrogens is 276 g/mol. The van der Waals surface area contributed by atoms with E-state index in [9.17, 15) is 9.59 Å². The van der Waals surface area contributed by atoms with E-state index in [2.05, 4.69) is 13.2 Å². The molecule has 0 bridgehead atoms. The molecule has 0 aromatic rings. The highest BCUT2D eigenvalue weighted by molar-refractivity contribution is 5.87. The van der Waals surface area contributed by atoms with Gasteiger partial charge in [-0.15, -0.1) is 0 Å². The Kier molecular flexibility index (Phi) is 11.4. The molecule has 0 aliphatic carbocycles. The number of carbonyl (C=O) groups is 2. The first-order valence-corrected chi connectivity index (χ1v) is 7.90. The van der Waals surface area contributed by atoms with Gasteiger partial charge in [0.15, 0.2) is 0 Å². The lowest BCUT2D eigenvalue weighted by Crippen LogP contribution is -2.40. The van der Waals surface area contributed by atoms with Gasteiger partial charge in [-0.25, -0.2) is 0 Å². The number of hydrogen-bond donors (Lipinski definition) is 0. The molecule has 0 aromatic carbocycles. The SMILES string of the molecule is C=CC(=O)N(C(C)C)C(C)C.C=CC(=O)N(C(C)C)C(C)C. The molecule has 0 aromatic heterocycles. The van der Waals surface area contributed by atoms with Gasteiger partial charge in [0.1, 0.15) is 0 Å². The third kappa shape index (κ3) is 8.01. The van der Waals surface area contributed by atoms with Gasteiger partial charge in [-0.1, -0.05) is 13.2 Å². The van der Waals surface area contributed by atoms with Crippen LogP contribution >= 0.6 is 0 Å². The molecular formula is C18H34N2O2. The van der Waals surface area contributed by atoms with Crippen molar-refractivity contribution in [1.82, 2.24) is 9.80 Å². The van der Waals surface area contributed by atoms with Crippen molar-refractivity contribution in [2.24, 2.45) is 0 Å². The number of amides is 2. The van der Waals surface area contributed by atoms with Crippen LogP contribution in [0.1, 0.15) is 55.4 Å². The van der Waals surface area contributed by atoms with Gasteiger partial charge in [-0.2, -0.15) is 0 Å². The van der Waals surface area contributed by atoms with Gasteiger partial charge in [-0.3, -0.25) is 9.59 Å². The lowest BCUT2D eigenvalue weighted by molar-refractivity contribution is -0.130. The second kappa shape index (κ2) is 11.0. The number of carbonyl (C=O) groups excluding carboxylic acids is 2. The van der Waals surface area contributed by atoms with Crippen LogP contribution in [-0.2, 0) is 9.59 Å². The van der Waals surface area contributed by atoms with E-state index in [1.165, 1.54) is 12.2 Å². The van der Waals surface area contributed by atoms with Crippen LogP contribution in [0.3, 0.4) is 0 Å². The van der Waals surface area contributed by atoms with Crippen molar-refractivity contribution in [3.05, 3.63) is 25.3 Å². The summed E-state index contributed by atoms with van der Waals surface area (Å²) in [5, 5.41) is 0. The van der Waals surface area contributed by atoms with Crippen LogP contribution in [0, 0.1) is 0 Å². The van der Waals surface area contributed by atoms with Crippen molar-refractivity contribution in [3.63, 3.8) is 0 Å². The molecule has 0 rings (SSSR count). The van der Waals surface area contributed by atoms with E-state index in [-0.39, 0.29) is 36.0 Å². The fraction of sp³-hybridized carbons (Fsp3) is 0.667. The van der Waals surface area contributed by atoms with Gasteiger partial charge in [0.2, 0.25) is 11.8 Å². The standard InChI is InChI=1S/2C9H17NO/c2*1-6-9(11)10(7(2)3)8(4)5/h2*6-8H,1H2,2-5H3. The van der Waals surface area contributed by atoms with E-state index >= 15 is 0 Å². The molecule has 22 heavy (non-hydrogen) atoms. The van der Waals surface area contributed by atoms with Gasteiger partial charge in [0.25, 0.3) is 0 Å². The van der Waals surface area contributed by atoms with E-state index in [1.54, 1.807) is 9.80 Å². The summed E-state index contributed by atoms with van der Waals surface area (Å²) >= 11 is 0. The molecule has 2 amide bonds. The zero-order chi connectivity index (χ0) is 18.0. The predicted molar refractivity (Wildman–Crippen MR) is 94.6 cm³/mol. The summed E-state index contributed by atoms with van der Waals surface area (Å²) < 4.78 is 0. The minimum Gasteiger partial charge on any atom is -0.334 e. The van der Waals surface area contributed by atoms with Crippen LogP contribution < -0.4 is 0 Å². The van der Waals surface area contributed by atoms with Gasteiger partial charge < -0.3 is 9.80 Å². The maximum absolute atomic E-state index is 11.2. The molecule has 0 fully saturated rings. The van der Waals surface area contributed by atoms with Crippen molar-refractivity contribution in [2.45, 2.75) is 79.6 Å². The molecule has 0 saturated heterocycles. The first-order valence-electron chi connectivity index (χ1n) is 7.90. The monoisotopic (exact) mass is 310 g/mol. The lowest BCUT2D eigenvalue weighted by Gasteiger charge is -2.29. The van der Waals surface area contributed by atoms with Gasteiger partial charge in [-0.05, 0) is 67.5 Å². The molecule has 0 spiro atoms. The fourth-order valence-corrected chi connectivity index (χ4v) is 2.42. The Hall–Kier alpha value is -1.58. The Morgan fingerprint density at radius 2 is 0.818 bits per heavy atom. The van der Waals surface area contributed by atoms with E-state index in [4.69, 9.17) is 0 Å². The van der Waals surface area contributed by atoms with Crippen LogP contribution in [0.4, 0.5) is 0 Å². The summed E-state index contributed by atoms with van der Waals surface area (Å²) in [6.45, 7) is 22.9. The maximum atomic E-state index is 11.2. The summed E-state index contributed by atoms with van der Waals surface area (Å²) in [6.07, 6.45) is 2.72. The van der Waals surface area contributed by atoms with Crippen molar-refractivity contribution in [2.75, 3.05) is 0 Å². The topological polar surface area (TPSA) is 40.6 Å². The summed E-state index contributed by atoms with van der Waals surface area (Å²) in [4.78, 5) is 26.0. The highest BCUT2D eigenvalue weighted by Gasteiger charge is 2.17. The molecule has 0 heterocycles. The first-order chi connectivity index (χ1) is 10.0. The number of hydrogen-bond acceptors (Lipinski definition) is 2. The van der Waals surface area contributed by atoms with E-state index in [0.29, 0.717) is 0 Å². The number of rotatable bonds is 6. The highest BCUT2D eigenvalue weighted by Crippen LogP contribution is 2.05. The Morgan fingerprint density at radius 3 is 0.864 bits per heavy atom. The summed E-state index contributed by atoms with van der Waals surface area (Å²) in [5.41, 5.74) is 0. The molecule has 0 radical (unpaired) electrons. The van der Waals surface area contributed by atoms with Crippen molar-refractivity contribution < 1.29 is 9.59 Å². The minimum absolute atomic E-state index is 0.00926. The predicted octanol–water partition coefficient (Wildman–Crippen LogP) is 3.64. The largest absolute Gasteiger partial charge is 0.334 e. The Morgan fingerprint density at radius 1 is 0.636 bits per heavy atom. The quantitative estimate of drug-likeness (QED) is 0.703. The summed E-state index contributed by atoms with van der Waals surface area (Å²) in [5.74, 6) is 0.0185. The zero-order valence-corrected chi connectivity index (χ0v) is 15.6. The summed E-state index contributed by atoms with van der Waals surface area (Å²) in [7, 11) is 0. The normalized spacial score (nSPS) is 10.4. The first kappa shape index (κ1) is 22.7. The van der Waals surface area contributed by atoms with Crippen LogP contribution in [0.5, 0.6) is 0 Å². The Balaban J connectivity index is 0. The average Bonchev–Trinajstić information content (AvgIpc) is 2.37. The van der Waals surface area contributed by atoms with E-state index < -0.39 is 0 Å². The van der Waals surface area contributed by atoms with Crippen molar-refractivity contribution in [1.29, 1.82) is 0 Å². The molecule has 0 atom stereocenters. The molecule has 4 nitrogen and oxygen atoms in total. The molecule has 0 saturated carbocycles. The van der Waals surface area contributed by atoms with Crippen LogP contribution in [0.15, 0.2) is 25.3 Å². The third-order valence-electron chi connectivity index (χ3n) is 3.08. The average molecular weight is 310 g/mol. The molecule has 128 valence electrons. The summed E-state index contributed by atoms with van der Waals surface area (Å²) in [6, 6.07) is 1.00.